The molecule has 1 fully saturated rings. The number of hydrogen-bond acceptors (Lipinski definition) is 3. The summed E-state index contributed by atoms with van der Waals surface area (Å²) in [7, 11) is 0. The quantitative estimate of drug-likeness (QED) is 0.885. The molecule has 0 saturated carbocycles. The molecule has 3 rings (SSSR count). The fraction of sp³-hybridized carbons (Fsp3) is 0.588. The molecule has 2 N–H and O–H groups in total. The Morgan fingerprint density at radius 2 is 2.00 bits per heavy atom. The van der Waals surface area contributed by atoms with Crippen LogP contribution in [0.2, 0.25) is 0 Å². The zero-order chi connectivity index (χ0) is 14.7. The van der Waals surface area contributed by atoms with Crippen molar-refractivity contribution < 1.29 is 14.6 Å². The summed E-state index contributed by atoms with van der Waals surface area (Å²) in [5.74, 6) is -0.255. The summed E-state index contributed by atoms with van der Waals surface area (Å²) in [6, 6.07) is 7.86. The summed E-state index contributed by atoms with van der Waals surface area (Å²) >= 11 is 0. The number of rotatable bonds is 4. The third kappa shape index (κ3) is 3.27. The van der Waals surface area contributed by atoms with E-state index in [0.29, 0.717) is 19.4 Å². The maximum atomic E-state index is 12.3. The minimum absolute atomic E-state index is 0.255. The fourth-order valence-corrected chi connectivity index (χ4v) is 3.30. The number of amides is 1. The molecule has 1 saturated heterocycles. The molecule has 1 amide bonds. The molecule has 0 aromatic heterocycles. The summed E-state index contributed by atoms with van der Waals surface area (Å²) < 4.78 is 5.65. The number of fused-ring (bicyclic) bond motifs is 1. The lowest BCUT2D eigenvalue weighted by atomic mass is 9.99. The van der Waals surface area contributed by atoms with Crippen molar-refractivity contribution in [3.63, 3.8) is 0 Å². The Hall–Kier alpha value is -1.39. The number of nitrogens with one attached hydrogen (secondary N) is 1. The minimum atomic E-state index is -1.28. The van der Waals surface area contributed by atoms with Gasteiger partial charge in [0, 0.05) is 26.0 Å². The van der Waals surface area contributed by atoms with Gasteiger partial charge < -0.3 is 15.2 Å². The highest BCUT2D eigenvalue weighted by molar-refractivity contribution is 5.86. The first kappa shape index (κ1) is 14.5. The van der Waals surface area contributed by atoms with E-state index < -0.39 is 5.60 Å². The molecule has 2 aliphatic rings. The second-order valence-corrected chi connectivity index (χ2v) is 6.19. The molecule has 21 heavy (non-hydrogen) atoms. The van der Waals surface area contributed by atoms with Gasteiger partial charge in [-0.1, -0.05) is 24.3 Å². The third-order valence-corrected chi connectivity index (χ3v) is 4.53. The average molecular weight is 289 g/mol. The van der Waals surface area contributed by atoms with Crippen molar-refractivity contribution >= 4 is 5.91 Å². The Balaban J connectivity index is 1.49. The molecule has 1 aromatic rings. The molecule has 1 aliphatic carbocycles. The van der Waals surface area contributed by atoms with Gasteiger partial charge in [-0.25, -0.2) is 0 Å². The minimum Gasteiger partial charge on any atom is -0.379 e. The van der Waals surface area contributed by atoms with Crippen molar-refractivity contribution in [3.05, 3.63) is 35.4 Å². The van der Waals surface area contributed by atoms with Gasteiger partial charge in [0.05, 0.1) is 6.10 Å². The molecule has 1 aliphatic heterocycles. The van der Waals surface area contributed by atoms with E-state index in [-0.39, 0.29) is 12.0 Å². The number of ether oxygens (including phenoxy) is 1. The Bertz CT molecular complexity index is 484. The molecule has 0 unspecified atom stereocenters. The lowest BCUT2D eigenvalue weighted by Gasteiger charge is -2.24. The van der Waals surface area contributed by atoms with Crippen LogP contribution in [0, 0.1) is 0 Å². The maximum absolute atomic E-state index is 12.3. The Kier molecular flexibility index (Phi) is 4.27. The summed E-state index contributed by atoms with van der Waals surface area (Å²) in [6.45, 7) is 1.40. The topological polar surface area (TPSA) is 58.6 Å². The van der Waals surface area contributed by atoms with E-state index >= 15 is 0 Å². The largest absolute Gasteiger partial charge is 0.379 e. The Morgan fingerprint density at radius 3 is 2.62 bits per heavy atom. The normalized spacial score (nSPS) is 23.6. The number of carbonyl (C=O) groups excluding carboxylic acids is 1. The average Bonchev–Trinajstić information content (AvgIpc) is 2.86. The molecule has 114 valence electrons. The molecule has 4 nitrogen and oxygen atoms in total. The van der Waals surface area contributed by atoms with Gasteiger partial charge in [-0.15, -0.1) is 0 Å². The van der Waals surface area contributed by atoms with Gasteiger partial charge in [-0.2, -0.15) is 0 Å². The second kappa shape index (κ2) is 6.16. The van der Waals surface area contributed by atoms with Crippen molar-refractivity contribution in [2.24, 2.45) is 0 Å². The van der Waals surface area contributed by atoms with E-state index in [4.69, 9.17) is 4.74 Å². The van der Waals surface area contributed by atoms with Crippen molar-refractivity contribution in [1.82, 2.24) is 5.32 Å². The van der Waals surface area contributed by atoms with Crippen LogP contribution in [0.25, 0.3) is 0 Å². The first-order valence-electron chi connectivity index (χ1n) is 7.86. The van der Waals surface area contributed by atoms with Crippen LogP contribution in [0.5, 0.6) is 0 Å². The van der Waals surface area contributed by atoms with Crippen LogP contribution < -0.4 is 5.32 Å². The van der Waals surface area contributed by atoms with E-state index in [1.54, 1.807) is 0 Å². The van der Waals surface area contributed by atoms with E-state index in [9.17, 15) is 9.90 Å². The zero-order valence-electron chi connectivity index (χ0n) is 12.3. The van der Waals surface area contributed by atoms with Crippen LogP contribution >= 0.6 is 0 Å². The van der Waals surface area contributed by atoms with Crippen molar-refractivity contribution in [1.29, 1.82) is 0 Å². The molecule has 0 bridgehead atoms. The second-order valence-electron chi connectivity index (χ2n) is 6.19. The monoisotopic (exact) mass is 289 g/mol. The summed E-state index contributed by atoms with van der Waals surface area (Å²) in [5.41, 5.74) is 0.869. The maximum Gasteiger partial charge on any atom is 0.252 e. The number of aliphatic hydroxyl groups is 1. The molecule has 4 heteroatoms. The lowest BCUT2D eigenvalue weighted by Crippen LogP contribution is -2.48. The molecule has 0 radical (unpaired) electrons. The highest BCUT2D eigenvalue weighted by atomic mass is 16.5. The van der Waals surface area contributed by atoms with Gasteiger partial charge in [0.1, 0.15) is 0 Å². The van der Waals surface area contributed by atoms with Gasteiger partial charge in [0.15, 0.2) is 5.60 Å². The van der Waals surface area contributed by atoms with Crippen LogP contribution in [0.4, 0.5) is 0 Å². The summed E-state index contributed by atoms with van der Waals surface area (Å²) in [4.78, 5) is 12.3. The smallest absolute Gasteiger partial charge is 0.252 e. The predicted octanol–water partition coefficient (Wildman–Crippen LogP) is 1.59. The third-order valence-electron chi connectivity index (χ3n) is 4.53. The van der Waals surface area contributed by atoms with Crippen LogP contribution in [-0.4, -0.2) is 35.9 Å². The Morgan fingerprint density at radius 1 is 1.29 bits per heavy atom. The van der Waals surface area contributed by atoms with Gasteiger partial charge in [-0.05, 0) is 36.8 Å². The molecule has 1 aromatic carbocycles. The van der Waals surface area contributed by atoms with Crippen LogP contribution in [0.15, 0.2) is 24.3 Å². The van der Waals surface area contributed by atoms with Crippen molar-refractivity contribution in [3.8, 4) is 0 Å². The molecule has 1 atom stereocenters. The highest BCUT2D eigenvalue weighted by Crippen LogP contribution is 2.30. The van der Waals surface area contributed by atoms with Crippen LogP contribution in [0.1, 0.15) is 36.8 Å². The van der Waals surface area contributed by atoms with E-state index in [1.165, 1.54) is 6.42 Å². The van der Waals surface area contributed by atoms with Crippen molar-refractivity contribution in [2.75, 3.05) is 13.2 Å². The first-order valence-corrected chi connectivity index (χ1v) is 7.86. The van der Waals surface area contributed by atoms with Crippen LogP contribution in [0.3, 0.4) is 0 Å². The zero-order valence-corrected chi connectivity index (χ0v) is 12.3. The van der Waals surface area contributed by atoms with Crippen molar-refractivity contribution in [2.45, 2.75) is 50.2 Å². The van der Waals surface area contributed by atoms with E-state index in [2.05, 4.69) is 5.32 Å². The number of carbonyl (C=O) groups is 1. The molecule has 1 heterocycles. The van der Waals surface area contributed by atoms with E-state index in [1.807, 2.05) is 24.3 Å². The number of hydrogen-bond donors (Lipinski definition) is 2. The summed E-state index contributed by atoms with van der Waals surface area (Å²) in [6.07, 6.45) is 5.33. The first-order chi connectivity index (χ1) is 10.2. The summed E-state index contributed by atoms with van der Waals surface area (Å²) in [5, 5.41) is 13.5. The standard InChI is InChI=1S/C17H23NO3/c19-16(18-9-8-15-7-3-4-10-21-15)17(20)11-13-5-1-2-6-14(13)12-17/h1-2,5-6,15,20H,3-4,7-12H2,(H,18,19)/t15-/m1/s1. The molecular weight excluding hydrogens is 266 g/mol. The SMILES string of the molecule is O=C(NCC[C@H]1CCCCO1)C1(O)Cc2ccccc2C1. The van der Waals surface area contributed by atoms with Gasteiger partial charge in [0.2, 0.25) is 0 Å². The van der Waals surface area contributed by atoms with E-state index in [0.717, 1.165) is 37.0 Å². The fourth-order valence-electron chi connectivity index (χ4n) is 3.30. The number of benzene rings is 1. The lowest BCUT2D eigenvalue weighted by molar-refractivity contribution is -0.139. The predicted molar refractivity (Wildman–Crippen MR) is 80.0 cm³/mol. The Labute approximate surface area is 125 Å². The highest BCUT2D eigenvalue weighted by Gasteiger charge is 2.41. The van der Waals surface area contributed by atoms with Crippen LogP contribution in [-0.2, 0) is 22.4 Å². The van der Waals surface area contributed by atoms with Gasteiger partial charge >= 0.3 is 0 Å². The molecular formula is C17H23NO3. The molecule has 0 spiro atoms. The van der Waals surface area contributed by atoms with Gasteiger partial charge in [-0.3, -0.25) is 4.79 Å². The van der Waals surface area contributed by atoms with Gasteiger partial charge in [0.25, 0.3) is 5.91 Å².